The summed E-state index contributed by atoms with van der Waals surface area (Å²) in [4.78, 5) is 0. The normalized spacial score (nSPS) is 20.3. The van der Waals surface area contributed by atoms with Gasteiger partial charge in [0.05, 0.1) is 5.37 Å². The van der Waals surface area contributed by atoms with Crippen molar-refractivity contribution in [3.63, 3.8) is 0 Å². The maximum Gasteiger partial charge on any atom is 0.237 e. The fraction of sp³-hybridized carbons (Fsp3) is 0.200. The predicted molar refractivity (Wildman–Crippen MR) is 90.6 cm³/mol. The lowest BCUT2D eigenvalue weighted by atomic mass is 10.2. The number of benzene rings is 1. The maximum absolute atomic E-state index is 12.5. The highest BCUT2D eigenvalue weighted by Gasteiger charge is 2.34. The van der Waals surface area contributed by atoms with E-state index in [9.17, 15) is 8.42 Å². The van der Waals surface area contributed by atoms with Crippen LogP contribution in [-0.4, -0.2) is 25.0 Å². The Hall–Kier alpha value is -1.08. The van der Waals surface area contributed by atoms with Crippen molar-refractivity contribution in [3.8, 4) is 0 Å². The van der Waals surface area contributed by atoms with Crippen molar-refractivity contribution in [1.29, 1.82) is 0 Å². The van der Waals surface area contributed by atoms with Gasteiger partial charge in [0.25, 0.3) is 0 Å². The van der Waals surface area contributed by atoms with Crippen LogP contribution in [0.5, 0.6) is 0 Å². The summed E-state index contributed by atoms with van der Waals surface area (Å²) in [7, 11) is -3.40. The lowest BCUT2D eigenvalue weighted by Gasteiger charge is -2.20. The van der Waals surface area contributed by atoms with Gasteiger partial charge in [-0.3, -0.25) is 0 Å². The fourth-order valence-electron chi connectivity index (χ4n) is 2.20. The molecule has 1 aromatic carbocycles. The molecule has 110 valence electrons. The zero-order chi connectivity index (χ0) is 14.7. The molecule has 0 amide bonds. The number of nitrogens with zero attached hydrogens (tertiary/aromatic N) is 1. The van der Waals surface area contributed by atoms with E-state index >= 15 is 0 Å². The van der Waals surface area contributed by atoms with Gasteiger partial charge in [0, 0.05) is 17.7 Å². The molecule has 0 N–H and O–H groups in total. The van der Waals surface area contributed by atoms with Crippen molar-refractivity contribution in [3.05, 3.63) is 63.7 Å². The lowest BCUT2D eigenvalue weighted by Crippen LogP contribution is -2.28. The summed E-state index contributed by atoms with van der Waals surface area (Å²) in [6.45, 7) is 0.562. The van der Waals surface area contributed by atoms with Crippen molar-refractivity contribution in [2.24, 2.45) is 0 Å². The first-order chi connectivity index (χ1) is 10.2. The second-order valence-corrected chi connectivity index (χ2v) is 8.39. The zero-order valence-corrected chi connectivity index (χ0v) is 13.7. The van der Waals surface area contributed by atoms with E-state index in [1.54, 1.807) is 33.5 Å². The van der Waals surface area contributed by atoms with Crippen molar-refractivity contribution < 1.29 is 8.42 Å². The molecule has 21 heavy (non-hydrogen) atoms. The third kappa shape index (κ3) is 3.40. The Balaban J connectivity index is 1.83. The summed E-state index contributed by atoms with van der Waals surface area (Å²) in [5.41, 5.74) is 1.96. The van der Waals surface area contributed by atoms with Gasteiger partial charge in [-0.05, 0) is 34.0 Å². The second-order valence-electron chi connectivity index (χ2n) is 4.65. The molecule has 1 fully saturated rings. The van der Waals surface area contributed by atoms with E-state index in [1.807, 2.05) is 47.2 Å². The van der Waals surface area contributed by atoms with Crippen LogP contribution in [0.25, 0.3) is 6.08 Å². The highest BCUT2D eigenvalue weighted by atomic mass is 32.2. The minimum atomic E-state index is -3.40. The molecule has 1 aliphatic rings. The topological polar surface area (TPSA) is 37.4 Å². The Bertz CT molecular complexity index is 709. The average molecular weight is 337 g/mol. The van der Waals surface area contributed by atoms with Crippen LogP contribution in [0.2, 0.25) is 0 Å². The summed E-state index contributed by atoms with van der Waals surface area (Å²) in [6.07, 6.45) is 1.66. The van der Waals surface area contributed by atoms with Crippen LogP contribution in [0.3, 0.4) is 0 Å². The minimum Gasteiger partial charge on any atom is -0.207 e. The Morgan fingerprint density at radius 3 is 2.71 bits per heavy atom. The molecular weight excluding hydrogens is 322 g/mol. The molecule has 0 bridgehead atoms. The van der Waals surface area contributed by atoms with E-state index in [0.717, 1.165) is 16.9 Å². The molecule has 1 atom stereocenters. The highest BCUT2D eigenvalue weighted by Crippen LogP contribution is 2.40. The molecule has 1 aromatic heterocycles. The van der Waals surface area contributed by atoms with E-state index in [4.69, 9.17) is 0 Å². The average Bonchev–Trinajstić information content (AvgIpc) is 3.16. The van der Waals surface area contributed by atoms with Crippen LogP contribution in [-0.2, 0) is 10.0 Å². The smallest absolute Gasteiger partial charge is 0.207 e. The van der Waals surface area contributed by atoms with Gasteiger partial charge in [0.2, 0.25) is 10.0 Å². The summed E-state index contributed by atoms with van der Waals surface area (Å²) in [5, 5.41) is 5.22. The van der Waals surface area contributed by atoms with Gasteiger partial charge < -0.3 is 0 Å². The molecular formula is C15H15NO2S3. The van der Waals surface area contributed by atoms with Gasteiger partial charge >= 0.3 is 0 Å². The van der Waals surface area contributed by atoms with Gasteiger partial charge in [-0.25, -0.2) is 8.42 Å². The molecule has 0 aliphatic carbocycles. The van der Waals surface area contributed by atoms with Crippen molar-refractivity contribution >= 4 is 39.2 Å². The molecule has 0 saturated carbocycles. The molecule has 6 heteroatoms. The van der Waals surface area contributed by atoms with Crippen LogP contribution < -0.4 is 0 Å². The van der Waals surface area contributed by atoms with E-state index < -0.39 is 10.0 Å². The molecule has 0 radical (unpaired) electrons. The molecule has 0 spiro atoms. The molecule has 3 rings (SSSR count). The minimum absolute atomic E-state index is 0.0957. The summed E-state index contributed by atoms with van der Waals surface area (Å²) in [6, 6.07) is 11.5. The molecule has 1 unspecified atom stereocenters. The van der Waals surface area contributed by atoms with Crippen LogP contribution in [0.4, 0.5) is 0 Å². The lowest BCUT2D eigenvalue weighted by molar-refractivity contribution is 0.442. The monoisotopic (exact) mass is 337 g/mol. The first-order valence-electron chi connectivity index (χ1n) is 6.55. The van der Waals surface area contributed by atoms with E-state index in [2.05, 4.69) is 0 Å². The van der Waals surface area contributed by atoms with E-state index in [1.165, 1.54) is 5.41 Å². The van der Waals surface area contributed by atoms with Gasteiger partial charge in [-0.2, -0.15) is 15.6 Å². The molecule has 3 nitrogen and oxygen atoms in total. The van der Waals surface area contributed by atoms with Crippen LogP contribution in [0, 0.1) is 0 Å². The number of hydrogen-bond acceptors (Lipinski definition) is 4. The zero-order valence-electron chi connectivity index (χ0n) is 11.3. The number of thiophene rings is 1. The quantitative estimate of drug-likeness (QED) is 0.852. The Morgan fingerprint density at radius 1 is 1.19 bits per heavy atom. The van der Waals surface area contributed by atoms with Crippen LogP contribution in [0.15, 0.2) is 52.6 Å². The Morgan fingerprint density at radius 2 is 2.00 bits per heavy atom. The number of rotatable bonds is 4. The van der Waals surface area contributed by atoms with E-state index in [0.29, 0.717) is 6.54 Å². The third-order valence-electron chi connectivity index (χ3n) is 3.24. The van der Waals surface area contributed by atoms with Gasteiger partial charge in [-0.1, -0.05) is 30.3 Å². The number of thioether (sulfide) groups is 1. The predicted octanol–water partition coefficient (Wildman–Crippen LogP) is 3.80. The number of hydrogen-bond donors (Lipinski definition) is 0. The SMILES string of the molecule is O=S(=O)(C=Cc1ccccc1)N1CCSC1c1ccsc1. The molecule has 1 saturated heterocycles. The molecule has 1 aliphatic heterocycles. The van der Waals surface area contributed by atoms with Crippen molar-refractivity contribution in [2.75, 3.05) is 12.3 Å². The summed E-state index contributed by atoms with van der Waals surface area (Å²) < 4.78 is 26.7. The van der Waals surface area contributed by atoms with Crippen LogP contribution in [0.1, 0.15) is 16.5 Å². The summed E-state index contributed by atoms with van der Waals surface area (Å²) in [5.74, 6) is 0.832. The van der Waals surface area contributed by atoms with Crippen molar-refractivity contribution in [1.82, 2.24) is 4.31 Å². The van der Waals surface area contributed by atoms with Gasteiger partial charge in [0.15, 0.2) is 0 Å². The van der Waals surface area contributed by atoms with Gasteiger partial charge in [0.1, 0.15) is 0 Å². The first-order valence-corrected chi connectivity index (χ1v) is 10.0. The second kappa shape index (κ2) is 6.36. The number of sulfonamides is 1. The Labute approximate surface area is 133 Å². The Kier molecular flexibility index (Phi) is 4.49. The van der Waals surface area contributed by atoms with E-state index in [-0.39, 0.29) is 5.37 Å². The highest BCUT2D eigenvalue weighted by molar-refractivity contribution is 8.01. The van der Waals surface area contributed by atoms with Gasteiger partial charge in [-0.15, -0.1) is 11.8 Å². The standard InChI is InChI=1S/C15H15NO2S3/c17-21(18,11-7-13-4-2-1-3-5-13)16-8-10-20-15(16)14-6-9-19-12-14/h1-7,9,11-12,15H,8,10H2. The molecule has 2 heterocycles. The first kappa shape index (κ1) is 14.8. The largest absolute Gasteiger partial charge is 0.237 e. The molecule has 2 aromatic rings. The summed E-state index contributed by atoms with van der Waals surface area (Å²) >= 11 is 3.27. The van der Waals surface area contributed by atoms with Crippen LogP contribution >= 0.6 is 23.1 Å². The fourth-order valence-corrected chi connectivity index (χ4v) is 5.98. The third-order valence-corrected chi connectivity index (χ3v) is 6.86. The maximum atomic E-state index is 12.5. The van der Waals surface area contributed by atoms with Crippen molar-refractivity contribution in [2.45, 2.75) is 5.37 Å².